The zero-order valence-corrected chi connectivity index (χ0v) is 12.5. The molecule has 0 aromatic carbocycles. The average molecular weight is 315 g/mol. The molecule has 1 fully saturated rings. The maximum Gasteiger partial charge on any atom is 0.141 e. The van der Waals surface area contributed by atoms with Crippen LogP contribution in [0.25, 0.3) is 0 Å². The summed E-state index contributed by atoms with van der Waals surface area (Å²) in [4.78, 5) is 12.1. The third kappa shape index (κ3) is 3.01. The molecule has 18 heavy (non-hydrogen) atoms. The second-order valence-corrected chi connectivity index (χ2v) is 5.51. The van der Waals surface area contributed by atoms with E-state index in [0.29, 0.717) is 12.8 Å². The number of Topliss-reactive ketones (excluding diaryl/α,β-unsaturated/α-hetero) is 1. The fourth-order valence-electron chi connectivity index (χ4n) is 2.36. The standard InChI is InChI=1S/C13H19BrN2O2/c1-3-16-12(13(14)9(2)15-16)8-10(17)7-11-5-4-6-18-11/h11H,3-8H2,1-2H3. The lowest BCUT2D eigenvalue weighted by molar-refractivity contribution is -0.120. The molecule has 2 rings (SSSR count). The number of halogens is 1. The maximum absolute atomic E-state index is 12.1. The smallest absolute Gasteiger partial charge is 0.141 e. The summed E-state index contributed by atoms with van der Waals surface area (Å²) in [5.41, 5.74) is 1.93. The van der Waals surface area contributed by atoms with Crippen LogP contribution in [0.4, 0.5) is 0 Å². The van der Waals surface area contributed by atoms with Crippen LogP contribution in [-0.4, -0.2) is 28.3 Å². The molecule has 0 radical (unpaired) electrons. The predicted molar refractivity (Wildman–Crippen MR) is 72.6 cm³/mol. The molecule has 2 heterocycles. The molecule has 5 heteroatoms. The van der Waals surface area contributed by atoms with Crippen molar-refractivity contribution in [3.63, 3.8) is 0 Å². The molecule has 1 unspecified atom stereocenters. The number of carbonyl (C=O) groups excluding carboxylic acids is 1. The molecule has 1 atom stereocenters. The highest BCUT2D eigenvalue weighted by atomic mass is 79.9. The first-order valence-electron chi connectivity index (χ1n) is 6.47. The van der Waals surface area contributed by atoms with Gasteiger partial charge in [0.15, 0.2) is 0 Å². The van der Waals surface area contributed by atoms with Crippen LogP contribution in [0.3, 0.4) is 0 Å². The van der Waals surface area contributed by atoms with Gasteiger partial charge in [-0.3, -0.25) is 9.48 Å². The summed E-state index contributed by atoms with van der Waals surface area (Å²) in [6.07, 6.45) is 3.19. The molecule has 100 valence electrons. The molecule has 0 N–H and O–H groups in total. The Kier molecular flexibility index (Phi) is 4.56. The Hall–Kier alpha value is -0.680. The number of hydrogen-bond donors (Lipinski definition) is 0. The lowest BCUT2D eigenvalue weighted by Crippen LogP contribution is -2.16. The molecule has 1 saturated heterocycles. The molecule has 1 aliphatic heterocycles. The summed E-state index contributed by atoms with van der Waals surface area (Å²) in [5.74, 6) is 0.234. The normalized spacial score (nSPS) is 19.4. The first kappa shape index (κ1) is 13.7. The Labute approximate surface area is 116 Å². The quantitative estimate of drug-likeness (QED) is 0.839. The van der Waals surface area contributed by atoms with E-state index in [0.717, 1.165) is 41.9 Å². The highest BCUT2D eigenvalue weighted by molar-refractivity contribution is 9.10. The van der Waals surface area contributed by atoms with Gasteiger partial charge in [-0.25, -0.2) is 0 Å². The number of hydrogen-bond acceptors (Lipinski definition) is 3. The van der Waals surface area contributed by atoms with Crippen molar-refractivity contribution in [2.75, 3.05) is 6.61 Å². The van der Waals surface area contributed by atoms with Crippen LogP contribution >= 0.6 is 15.9 Å². The summed E-state index contributed by atoms with van der Waals surface area (Å²) < 4.78 is 8.36. The summed E-state index contributed by atoms with van der Waals surface area (Å²) in [6, 6.07) is 0. The molecular formula is C13H19BrN2O2. The molecule has 0 spiro atoms. The monoisotopic (exact) mass is 314 g/mol. The topological polar surface area (TPSA) is 44.1 Å². The predicted octanol–water partition coefficient (Wildman–Crippen LogP) is 2.65. The van der Waals surface area contributed by atoms with Gasteiger partial charge in [-0.15, -0.1) is 0 Å². The summed E-state index contributed by atoms with van der Waals surface area (Å²) in [6.45, 7) is 5.57. The zero-order valence-electron chi connectivity index (χ0n) is 10.9. The van der Waals surface area contributed by atoms with Crippen molar-refractivity contribution in [2.24, 2.45) is 0 Å². The lowest BCUT2D eigenvalue weighted by atomic mass is 10.1. The Morgan fingerprint density at radius 3 is 3.00 bits per heavy atom. The minimum absolute atomic E-state index is 0.135. The number of aromatic nitrogens is 2. The molecular weight excluding hydrogens is 296 g/mol. The van der Waals surface area contributed by atoms with Gasteiger partial charge in [-0.1, -0.05) is 0 Å². The van der Waals surface area contributed by atoms with E-state index in [1.807, 2.05) is 18.5 Å². The second-order valence-electron chi connectivity index (χ2n) is 4.72. The van der Waals surface area contributed by atoms with E-state index < -0.39 is 0 Å². The molecule has 0 saturated carbocycles. The Bertz CT molecular complexity index is 436. The number of carbonyl (C=O) groups is 1. The highest BCUT2D eigenvalue weighted by Crippen LogP contribution is 2.23. The molecule has 1 aromatic rings. The van der Waals surface area contributed by atoms with E-state index in [4.69, 9.17) is 4.74 Å². The summed E-state index contributed by atoms with van der Waals surface area (Å²) >= 11 is 3.52. The van der Waals surface area contributed by atoms with Crippen molar-refractivity contribution in [3.8, 4) is 0 Å². The number of ketones is 1. The van der Waals surface area contributed by atoms with Gasteiger partial charge in [-0.2, -0.15) is 5.10 Å². The molecule has 4 nitrogen and oxygen atoms in total. The molecule has 0 amide bonds. The molecule has 1 aliphatic rings. The van der Waals surface area contributed by atoms with Crippen LogP contribution in [0.2, 0.25) is 0 Å². The third-order valence-electron chi connectivity index (χ3n) is 3.30. The fraction of sp³-hybridized carbons (Fsp3) is 0.692. The number of ether oxygens (including phenoxy) is 1. The van der Waals surface area contributed by atoms with Crippen molar-refractivity contribution in [3.05, 3.63) is 15.9 Å². The van der Waals surface area contributed by atoms with Gasteiger partial charge in [-0.05, 0) is 42.6 Å². The molecule has 0 bridgehead atoms. The van der Waals surface area contributed by atoms with Crippen LogP contribution in [0.15, 0.2) is 4.47 Å². The minimum Gasteiger partial charge on any atom is -0.378 e. The van der Waals surface area contributed by atoms with Crippen LogP contribution in [0.1, 0.15) is 37.6 Å². The molecule has 1 aromatic heterocycles. The van der Waals surface area contributed by atoms with E-state index in [9.17, 15) is 4.79 Å². The van der Waals surface area contributed by atoms with Gasteiger partial charge in [0.05, 0.1) is 22.0 Å². The van der Waals surface area contributed by atoms with E-state index in [2.05, 4.69) is 21.0 Å². The van der Waals surface area contributed by atoms with Crippen molar-refractivity contribution < 1.29 is 9.53 Å². The van der Waals surface area contributed by atoms with Crippen LogP contribution in [0.5, 0.6) is 0 Å². The number of rotatable bonds is 5. The van der Waals surface area contributed by atoms with E-state index in [-0.39, 0.29) is 11.9 Å². The van der Waals surface area contributed by atoms with Gasteiger partial charge in [0.1, 0.15) is 5.78 Å². The average Bonchev–Trinajstić information content (AvgIpc) is 2.92. The van der Waals surface area contributed by atoms with Crippen LogP contribution in [0, 0.1) is 6.92 Å². The van der Waals surface area contributed by atoms with E-state index in [1.54, 1.807) is 0 Å². The lowest BCUT2D eigenvalue weighted by Gasteiger charge is -2.09. The Morgan fingerprint density at radius 2 is 2.39 bits per heavy atom. The maximum atomic E-state index is 12.1. The first-order chi connectivity index (χ1) is 8.61. The Morgan fingerprint density at radius 1 is 1.61 bits per heavy atom. The third-order valence-corrected chi connectivity index (χ3v) is 4.33. The summed E-state index contributed by atoms with van der Waals surface area (Å²) in [5, 5.41) is 4.40. The molecule has 0 aliphatic carbocycles. The minimum atomic E-state index is 0.135. The largest absolute Gasteiger partial charge is 0.378 e. The SMILES string of the molecule is CCn1nc(C)c(Br)c1CC(=O)CC1CCCO1. The van der Waals surface area contributed by atoms with Gasteiger partial charge in [0, 0.05) is 26.0 Å². The fourth-order valence-corrected chi connectivity index (χ4v) is 2.78. The van der Waals surface area contributed by atoms with Crippen LogP contribution < -0.4 is 0 Å². The van der Waals surface area contributed by atoms with Crippen molar-refractivity contribution in [1.82, 2.24) is 9.78 Å². The highest BCUT2D eigenvalue weighted by Gasteiger charge is 2.21. The van der Waals surface area contributed by atoms with Gasteiger partial charge in [0.2, 0.25) is 0 Å². The second kappa shape index (κ2) is 5.97. The van der Waals surface area contributed by atoms with Gasteiger partial charge in [0.25, 0.3) is 0 Å². The van der Waals surface area contributed by atoms with Gasteiger partial charge >= 0.3 is 0 Å². The van der Waals surface area contributed by atoms with Gasteiger partial charge < -0.3 is 4.74 Å². The number of nitrogens with zero attached hydrogens (tertiary/aromatic N) is 2. The number of aryl methyl sites for hydroxylation is 2. The van der Waals surface area contributed by atoms with Crippen LogP contribution in [-0.2, 0) is 22.5 Å². The zero-order chi connectivity index (χ0) is 13.1. The van der Waals surface area contributed by atoms with Crippen molar-refractivity contribution >= 4 is 21.7 Å². The van der Waals surface area contributed by atoms with E-state index >= 15 is 0 Å². The first-order valence-corrected chi connectivity index (χ1v) is 7.26. The van der Waals surface area contributed by atoms with Crippen molar-refractivity contribution in [1.29, 1.82) is 0 Å². The van der Waals surface area contributed by atoms with Crippen molar-refractivity contribution in [2.45, 2.75) is 52.2 Å². The van der Waals surface area contributed by atoms with E-state index in [1.165, 1.54) is 0 Å². The summed E-state index contributed by atoms with van der Waals surface area (Å²) in [7, 11) is 0. The Balaban J connectivity index is 2.01.